The van der Waals surface area contributed by atoms with Gasteiger partial charge in [0.05, 0.1) is 0 Å². The molecule has 0 spiro atoms. The average molecular weight is 209 g/mol. The van der Waals surface area contributed by atoms with E-state index in [0.29, 0.717) is 0 Å². The van der Waals surface area contributed by atoms with Crippen LogP contribution in [-0.4, -0.2) is 12.2 Å². The number of amides is 1. The van der Waals surface area contributed by atoms with Crippen LogP contribution in [0.1, 0.15) is 18.1 Å². The Labute approximate surface area is 89.1 Å². The number of hydrogen-bond donors (Lipinski definition) is 1. The molecule has 1 aromatic rings. The zero-order chi connectivity index (χ0) is 10.7. The van der Waals surface area contributed by atoms with E-state index in [1.54, 1.807) is 11.8 Å². The van der Waals surface area contributed by atoms with Crippen LogP contribution in [0.3, 0.4) is 0 Å². The molecular formula is C11H15NOS. The molecule has 1 N–H and O–H groups in total. The van der Waals surface area contributed by atoms with Crippen LogP contribution in [-0.2, 0) is 4.79 Å². The highest BCUT2D eigenvalue weighted by Gasteiger charge is 2.05. The largest absolute Gasteiger partial charge is 0.326 e. The molecule has 1 rings (SSSR count). The Balaban J connectivity index is 3.10. The average Bonchev–Trinajstić information content (AvgIpc) is 2.13. The van der Waals surface area contributed by atoms with Gasteiger partial charge in [-0.15, -0.1) is 11.8 Å². The Morgan fingerprint density at radius 2 is 1.93 bits per heavy atom. The molecule has 1 aromatic carbocycles. The first-order chi connectivity index (χ1) is 6.56. The van der Waals surface area contributed by atoms with Crippen molar-refractivity contribution in [1.82, 2.24) is 0 Å². The van der Waals surface area contributed by atoms with Gasteiger partial charge in [-0.25, -0.2) is 0 Å². The van der Waals surface area contributed by atoms with E-state index in [4.69, 9.17) is 0 Å². The maximum Gasteiger partial charge on any atom is 0.221 e. The van der Waals surface area contributed by atoms with Crippen LogP contribution >= 0.6 is 11.8 Å². The van der Waals surface area contributed by atoms with Crippen LogP contribution < -0.4 is 5.32 Å². The van der Waals surface area contributed by atoms with Crippen LogP contribution in [0.5, 0.6) is 0 Å². The van der Waals surface area contributed by atoms with Crippen LogP contribution in [0.4, 0.5) is 5.69 Å². The second-order valence-corrected chi connectivity index (χ2v) is 4.09. The number of carbonyl (C=O) groups excluding carboxylic acids is 1. The summed E-state index contributed by atoms with van der Waals surface area (Å²) in [6.07, 6.45) is 2.06. The number of nitrogens with one attached hydrogen (secondary N) is 1. The highest BCUT2D eigenvalue weighted by molar-refractivity contribution is 7.98. The molecule has 0 atom stereocenters. The Morgan fingerprint density at radius 3 is 2.43 bits per heavy atom. The minimum absolute atomic E-state index is 0.0237. The fourth-order valence-corrected chi connectivity index (χ4v) is 2.01. The lowest BCUT2D eigenvalue weighted by Crippen LogP contribution is -2.07. The molecule has 1 amide bonds. The molecule has 2 nitrogen and oxygen atoms in total. The molecule has 14 heavy (non-hydrogen) atoms. The van der Waals surface area contributed by atoms with E-state index in [0.717, 1.165) is 11.3 Å². The first-order valence-corrected chi connectivity index (χ1v) is 5.70. The molecule has 0 aliphatic rings. The summed E-state index contributed by atoms with van der Waals surface area (Å²) in [5.41, 5.74) is 3.30. The summed E-state index contributed by atoms with van der Waals surface area (Å²) in [6.45, 7) is 5.63. The molecule has 0 aliphatic carbocycles. The van der Waals surface area contributed by atoms with Gasteiger partial charge in [0.2, 0.25) is 5.91 Å². The van der Waals surface area contributed by atoms with E-state index < -0.39 is 0 Å². The van der Waals surface area contributed by atoms with E-state index in [9.17, 15) is 4.79 Å². The number of carbonyl (C=O) groups is 1. The summed E-state index contributed by atoms with van der Waals surface area (Å²) in [5.74, 6) is -0.0237. The SMILES string of the molecule is CSc1ccc(NC(C)=O)c(C)c1C. The van der Waals surface area contributed by atoms with Crippen molar-refractivity contribution in [3.05, 3.63) is 23.3 Å². The van der Waals surface area contributed by atoms with Gasteiger partial charge in [0.1, 0.15) is 0 Å². The maximum absolute atomic E-state index is 10.9. The van der Waals surface area contributed by atoms with Crippen molar-refractivity contribution in [2.45, 2.75) is 25.7 Å². The lowest BCUT2D eigenvalue weighted by molar-refractivity contribution is -0.114. The molecule has 0 saturated carbocycles. The molecule has 0 unspecified atom stereocenters. The number of benzene rings is 1. The first kappa shape index (κ1) is 11.1. The standard InChI is InChI=1S/C11H15NOS/c1-7-8(2)11(14-4)6-5-10(7)12-9(3)13/h5-6H,1-4H3,(H,12,13). The molecule has 0 aromatic heterocycles. The second kappa shape index (κ2) is 4.51. The van der Waals surface area contributed by atoms with Crippen molar-refractivity contribution in [2.75, 3.05) is 11.6 Å². The molecule has 0 radical (unpaired) electrons. The Kier molecular flexibility index (Phi) is 3.58. The number of rotatable bonds is 2. The lowest BCUT2D eigenvalue weighted by Gasteiger charge is -2.11. The third kappa shape index (κ3) is 2.29. The number of hydrogen-bond acceptors (Lipinski definition) is 2. The smallest absolute Gasteiger partial charge is 0.221 e. The van der Waals surface area contributed by atoms with Gasteiger partial charge in [0, 0.05) is 17.5 Å². The van der Waals surface area contributed by atoms with Gasteiger partial charge >= 0.3 is 0 Å². The van der Waals surface area contributed by atoms with Crippen LogP contribution in [0.15, 0.2) is 17.0 Å². The summed E-state index contributed by atoms with van der Waals surface area (Å²) < 4.78 is 0. The van der Waals surface area contributed by atoms with E-state index in [-0.39, 0.29) is 5.91 Å². The zero-order valence-electron chi connectivity index (χ0n) is 8.97. The summed E-state index contributed by atoms with van der Waals surface area (Å²) in [5, 5.41) is 2.82. The van der Waals surface area contributed by atoms with Crippen molar-refractivity contribution < 1.29 is 4.79 Å². The Hall–Kier alpha value is -0.960. The molecule has 0 fully saturated rings. The fourth-order valence-electron chi connectivity index (χ4n) is 1.34. The van der Waals surface area contributed by atoms with Gasteiger partial charge in [-0.3, -0.25) is 4.79 Å². The normalized spacial score (nSPS) is 10.0. The fraction of sp³-hybridized carbons (Fsp3) is 0.364. The van der Waals surface area contributed by atoms with Gasteiger partial charge in [0.25, 0.3) is 0 Å². The Bertz CT molecular complexity index is 361. The molecule has 0 aliphatic heterocycles. The quantitative estimate of drug-likeness (QED) is 0.759. The minimum Gasteiger partial charge on any atom is -0.326 e. The van der Waals surface area contributed by atoms with Crippen molar-refractivity contribution >= 4 is 23.4 Å². The van der Waals surface area contributed by atoms with Gasteiger partial charge < -0.3 is 5.32 Å². The van der Waals surface area contributed by atoms with Gasteiger partial charge in [-0.05, 0) is 43.4 Å². The third-order valence-corrected chi connectivity index (χ3v) is 3.15. The monoisotopic (exact) mass is 209 g/mol. The number of thioether (sulfide) groups is 1. The van der Waals surface area contributed by atoms with Crippen molar-refractivity contribution in [1.29, 1.82) is 0 Å². The summed E-state index contributed by atoms with van der Waals surface area (Å²) in [4.78, 5) is 12.2. The van der Waals surface area contributed by atoms with Crippen LogP contribution in [0.2, 0.25) is 0 Å². The molecule has 0 saturated heterocycles. The minimum atomic E-state index is -0.0237. The molecule has 3 heteroatoms. The predicted molar refractivity (Wildman–Crippen MR) is 62.0 cm³/mol. The van der Waals surface area contributed by atoms with Crippen LogP contribution in [0.25, 0.3) is 0 Å². The highest BCUT2D eigenvalue weighted by atomic mass is 32.2. The van der Waals surface area contributed by atoms with E-state index in [1.807, 2.05) is 19.1 Å². The zero-order valence-corrected chi connectivity index (χ0v) is 9.79. The summed E-state index contributed by atoms with van der Waals surface area (Å²) in [7, 11) is 0. The predicted octanol–water partition coefficient (Wildman–Crippen LogP) is 2.98. The van der Waals surface area contributed by atoms with E-state index in [1.165, 1.54) is 17.4 Å². The van der Waals surface area contributed by atoms with E-state index >= 15 is 0 Å². The van der Waals surface area contributed by atoms with Gasteiger partial charge in [-0.1, -0.05) is 0 Å². The molecular weight excluding hydrogens is 194 g/mol. The number of anilines is 1. The van der Waals surface area contributed by atoms with Crippen molar-refractivity contribution in [3.63, 3.8) is 0 Å². The lowest BCUT2D eigenvalue weighted by atomic mass is 10.1. The van der Waals surface area contributed by atoms with Crippen LogP contribution in [0, 0.1) is 13.8 Å². The van der Waals surface area contributed by atoms with E-state index in [2.05, 4.69) is 18.5 Å². The van der Waals surface area contributed by atoms with Gasteiger partial charge in [-0.2, -0.15) is 0 Å². The van der Waals surface area contributed by atoms with Gasteiger partial charge in [0.15, 0.2) is 0 Å². The van der Waals surface area contributed by atoms with Crippen molar-refractivity contribution in [2.24, 2.45) is 0 Å². The first-order valence-electron chi connectivity index (χ1n) is 4.48. The topological polar surface area (TPSA) is 29.1 Å². The highest BCUT2D eigenvalue weighted by Crippen LogP contribution is 2.27. The summed E-state index contributed by atoms with van der Waals surface area (Å²) in [6, 6.07) is 3.99. The molecule has 76 valence electrons. The summed E-state index contributed by atoms with van der Waals surface area (Å²) >= 11 is 1.72. The maximum atomic E-state index is 10.9. The second-order valence-electron chi connectivity index (χ2n) is 3.25. The molecule has 0 bridgehead atoms. The molecule has 0 heterocycles. The Morgan fingerprint density at radius 1 is 1.29 bits per heavy atom. The van der Waals surface area contributed by atoms with Crippen molar-refractivity contribution in [3.8, 4) is 0 Å². The third-order valence-electron chi connectivity index (χ3n) is 2.27.